The van der Waals surface area contributed by atoms with E-state index in [0.717, 1.165) is 0 Å². The zero-order chi connectivity index (χ0) is 10.8. The van der Waals surface area contributed by atoms with Gasteiger partial charge in [0.25, 0.3) is 0 Å². The van der Waals surface area contributed by atoms with Gasteiger partial charge in [0.05, 0.1) is 9.83 Å². The van der Waals surface area contributed by atoms with E-state index in [-0.39, 0.29) is 0 Å². The molecule has 2 aromatic rings. The van der Waals surface area contributed by atoms with Crippen molar-refractivity contribution in [2.75, 3.05) is 7.05 Å². The normalized spacial score (nSPS) is 13.0. The SMILES string of the molecule is CNC(c1ccsc1)c1cc(Br)sc1C. The molecule has 0 bridgehead atoms. The van der Waals surface area contributed by atoms with Crippen molar-refractivity contribution in [1.29, 1.82) is 0 Å². The standard InChI is InChI=1S/C11H12BrNS2/c1-7-9(5-10(12)15-7)11(13-2)8-3-4-14-6-8/h3-6,11,13H,1-2H3. The van der Waals surface area contributed by atoms with Crippen molar-refractivity contribution in [1.82, 2.24) is 5.32 Å². The molecule has 1 unspecified atom stereocenters. The molecule has 0 fully saturated rings. The largest absolute Gasteiger partial charge is 0.309 e. The number of hydrogen-bond donors (Lipinski definition) is 1. The van der Waals surface area contributed by atoms with E-state index < -0.39 is 0 Å². The van der Waals surface area contributed by atoms with E-state index in [0.29, 0.717) is 6.04 Å². The van der Waals surface area contributed by atoms with Crippen molar-refractivity contribution in [3.63, 3.8) is 0 Å². The first kappa shape index (κ1) is 11.3. The summed E-state index contributed by atoms with van der Waals surface area (Å²) in [7, 11) is 2.01. The molecule has 0 spiro atoms. The Labute approximate surface area is 106 Å². The van der Waals surface area contributed by atoms with Crippen molar-refractivity contribution in [2.24, 2.45) is 0 Å². The summed E-state index contributed by atoms with van der Waals surface area (Å²) < 4.78 is 1.20. The molecular formula is C11H12BrNS2. The third-order valence-electron chi connectivity index (χ3n) is 2.40. The van der Waals surface area contributed by atoms with Crippen LogP contribution in [0.2, 0.25) is 0 Å². The molecule has 80 valence electrons. The van der Waals surface area contributed by atoms with Crippen LogP contribution in [0.5, 0.6) is 0 Å². The lowest BCUT2D eigenvalue weighted by Crippen LogP contribution is -2.16. The van der Waals surface area contributed by atoms with Crippen LogP contribution in [0.4, 0.5) is 0 Å². The van der Waals surface area contributed by atoms with E-state index in [1.54, 1.807) is 22.7 Å². The van der Waals surface area contributed by atoms with E-state index in [1.807, 2.05) is 7.05 Å². The lowest BCUT2D eigenvalue weighted by molar-refractivity contribution is 0.693. The highest BCUT2D eigenvalue weighted by Crippen LogP contribution is 2.33. The maximum Gasteiger partial charge on any atom is 0.0704 e. The van der Waals surface area contributed by atoms with E-state index in [9.17, 15) is 0 Å². The Balaban J connectivity index is 2.39. The minimum absolute atomic E-state index is 0.318. The third-order valence-corrected chi connectivity index (χ3v) is 4.67. The summed E-state index contributed by atoms with van der Waals surface area (Å²) in [6.45, 7) is 2.17. The Kier molecular flexibility index (Phi) is 3.61. The molecule has 0 saturated heterocycles. The summed E-state index contributed by atoms with van der Waals surface area (Å²) in [5.41, 5.74) is 2.71. The molecule has 2 aromatic heterocycles. The van der Waals surface area contributed by atoms with Crippen molar-refractivity contribution in [3.05, 3.63) is 42.7 Å². The minimum Gasteiger partial charge on any atom is -0.309 e. The van der Waals surface area contributed by atoms with Crippen LogP contribution < -0.4 is 5.32 Å². The van der Waals surface area contributed by atoms with Crippen LogP contribution in [-0.2, 0) is 0 Å². The fraction of sp³-hybridized carbons (Fsp3) is 0.273. The minimum atomic E-state index is 0.318. The molecule has 0 aliphatic carbocycles. The molecule has 4 heteroatoms. The van der Waals surface area contributed by atoms with Gasteiger partial charge in [-0.15, -0.1) is 11.3 Å². The predicted octanol–water partition coefficient (Wildman–Crippen LogP) is 4.19. The third kappa shape index (κ3) is 2.33. The van der Waals surface area contributed by atoms with Gasteiger partial charge < -0.3 is 5.32 Å². The molecule has 0 amide bonds. The van der Waals surface area contributed by atoms with Crippen LogP contribution in [0.3, 0.4) is 0 Å². The Morgan fingerprint density at radius 1 is 1.47 bits per heavy atom. The zero-order valence-corrected chi connectivity index (χ0v) is 11.8. The van der Waals surface area contributed by atoms with Crippen molar-refractivity contribution < 1.29 is 0 Å². The maximum atomic E-state index is 3.54. The van der Waals surface area contributed by atoms with Crippen molar-refractivity contribution in [3.8, 4) is 0 Å². The lowest BCUT2D eigenvalue weighted by Gasteiger charge is -2.14. The average Bonchev–Trinajstić information content (AvgIpc) is 2.79. The van der Waals surface area contributed by atoms with Crippen LogP contribution in [-0.4, -0.2) is 7.05 Å². The first-order chi connectivity index (χ1) is 7.22. The molecule has 0 aliphatic heterocycles. The van der Waals surface area contributed by atoms with Gasteiger partial charge in [-0.1, -0.05) is 0 Å². The molecule has 1 atom stereocenters. The molecule has 0 saturated carbocycles. The monoisotopic (exact) mass is 301 g/mol. The Bertz CT molecular complexity index is 433. The number of halogens is 1. The number of rotatable bonds is 3. The maximum absolute atomic E-state index is 3.54. The molecule has 1 nitrogen and oxygen atoms in total. The number of hydrogen-bond acceptors (Lipinski definition) is 3. The first-order valence-corrected chi connectivity index (χ1v) is 7.22. The van der Waals surface area contributed by atoms with Gasteiger partial charge >= 0.3 is 0 Å². The quantitative estimate of drug-likeness (QED) is 0.896. The summed E-state index contributed by atoms with van der Waals surface area (Å²) in [6.07, 6.45) is 0. The lowest BCUT2D eigenvalue weighted by atomic mass is 10.0. The zero-order valence-electron chi connectivity index (χ0n) is 8.58. The highest BCUT2D eigenvalue weighted by molar-refractivity contribution is 9.11. The topological polar surface area (TPSA) is 12.0 Å². The summed E-state index contributed by atoms with van der Waals surface area (Å²) in [4.78, 5) is 1.37. The Morgan fingerprint density at radius 3 is 2.73 bits per heavy atom. The molecule has 15 heavy (non-hydrogen) atoms. The molecule has 0 aromatic carbocycles. The fourth-order valence-corrected chi connectivity index (χ4v) is 4.12. The van der Waals surface area contributed by atoms with E-state index >= 15 is 0 Å². The highest BCUT2D eigenvalue weighted by atomic mass is 79.9. The fourth-order valence-electron chi connectivity index (χ4n) is 1.69. The van der Waals surface area contributed by atoms with Crippen molar-refractivity contribution in [2.45, 2.75) is 13.0 Å². The van der Waals surface area contributed by atoms with Crippen LogP contribution in [0.15, 0.2) is 26.7 Å². The van der Waals surface area contributed by atoms with Crippen LogP contribution >= 0.6 is 38.6 Å². The molecular weight excluding hydrogens is 290 g/mol. The molecule has 0 radical (unpaired) electrons. The summed E-state index contributed by atoms with van der Waals surface area (Å²) >= 11 is 7.07. The average molecular weight is 302 g/mol. The summed E-state index contributed by atoms with van der Waals surface area (Å²) in [5.74, 6) is 0. The van der Waals surface area contributed by atoms with E-state index in [2.05, 4.69) is 51.1 Å². The predicted molar refractivity (Wildman–Crippen MR) is 72.0 cm³/mol. The second-order valence-corrected chi connectivity index (χ2v) is 6.76. The Morgan fingerprint density at radius 2 is 2.27 bits per heavy atom. The molecule has 2 rings (SSSR count). The molecule has 2 heterocycles. The van der Waals surface area contributed by atoms with Gasteiger partial charge in [-0.2, -0.15) is 11.3 Å². The second kappa shape index (κ2) is 4.78. The Hall–Kier alpha value is -0.160. The van der Waals surface area contributed by atoms with Crippen LogP contribution in [0, 0.1) is 6.92 Å². The summed E-state index contributed by atoms with van der Waals surface area (Å²) in [5, 5.41) is 7.69. The molecule has 1 N–H and O–H groups in total. The molecule has 0 aliphatic rings. The van der Waals surface area contributed by atoms with Gasteiger partial charge in [-0.25, -0.2) is 0 Å². The van der Waals surface area contributed by atoms with Gasteiger partial charge in [0, 0.05) is 4.88 Å². The smallest absolute Gasteiger partial charge is 0.0704 e. The van der Waals surface area contributed by atoms with Crippen molar-refractivity contribution >= 4 is 38.6 Å². The summed E-state index contributed by atoms with van der Waals surface area (Å²) in [6, 6.07) is 4.70. The van der Waals surface area contributed by atoms with Crippen LogP contribution in [0.1, 0.15) is 22.0 Å². The van der Waals surface area contributed by atoms with Gasteiger partial charge in [0.1, 0.15) is 0 Å². The van der Waals surface area contributed by atoms with E-state index in [1.165, 1.54) is 19.8 Å². The number of thiophene rings is 2. The van der Waals surface area contributed by atoms with Gasteiger partial charge in [0.15, 0.2) is 0 Å². The van der Waals surface area contributed by atoms with Gasteiger partial charge in [-0.05, 0) is 63.9 Å². The highest BCUT2D eigenvalue weighted by Gasteiger charge is 2.16. The number of aryl methyl sites for hydroxylation is 1. The van der Waals surface area contributed by atoms with E-state index in [4.69, 9.17) is 0 Å². The van der Waals surface area contributed by atoms with Gasteiger partial charge in [-0.3, -0.25) is 0 Å². The van der Waals surface area contributed by atoms with Crippen LogP contribution in [0.25, 0.3) is 0 Å². The van der Waals surface area contributed by atoms with Gasteiger partial charge in [0.2, 0.25) is 0 Å². The number of nitrogens with one attached hydrogen (secondary N) is 1. The second-order valence-electron chi connectivity index (χ2n) is 3.34. The first-order valence-electron chi connectivity index (χ1n) is 4.67.